The Bertz CT molecular complexity index is 847. The molecule has 2 aromatic rings. The lowest BCUT2D eigenvalue weighted by Crippen LogP contribution is -2.35. The monoisotopic (exact) mass is 373 g/mol. The Morgan fingerprint density at radius 3 is 2.65 bits per heavy atom. The summed E-state index contributed by atoms with van der Waals surface area (Å²) in [6, 6.07) is 10.2. The fourth-order valence-corrected chi connectivity index (χ4v) is 4.58. The highest BCUT2D eigenvalue weighted by Crippen LogP contribution is 2.23. The number of aryl methyl sites for hydroxylation is 1. The van der Waals surface area contributed by atoms with E-state index >= 15 is 0 Å². The van der Waals surface area contributed by atoms with Gasteiger partial charge in [-0.05, 0) is 49.1 Å². The SMILES string of the molecule is O=C(CCc1cccnc1)Nc1cccc(S(=O)(=O)N2CCCCC2)c1. The Morgan fingerprint density at radius 2 is 1.92 bits per heavy atom. The molecule has 2 heterocycles. The van der Waals surface area contributed by atoms with Crippen LogP contribution in [0.2, 0.25) is 0 Å². The Balaban J connectivity index is 1.64. The van der Waals surface area contributed by atoms with Crippen molar-refractivity contribution in [3.63, 3.8) is 0 Å². The van der Waals surface area contributed by atoms with E-state index in [-0.39, 0.29) is 10.8 Å². The summed E-state index contributed by atoms with van der Waals surface area (Å²) in [5.74, 6) is -0.152. The minimum atomic E-state index is -3.50. The van der Waals surface area contributed by atoms with Gasteiger partial charge >= 0.3 is 0 Å². The van der Waals surface area contributed by atoms with Crippen molar-refractivity contribution in [1.82, 2.24) is 9.29 Å². The van der Waals surface area contributed by atoms with E-state index in [1.165, 1.54) is 10.4 Å². The van der Waals surface area contributed by atoms with E-state index in [0.717, 1.165) is 24.8 Å². The molecule has 0 saturated carbocycles. The molecule has 6 nitrogen and oxygen atoms in total. The number of carbonyl (C=O) groups excluding carboxylic acids is 1. The number of carbonyl (C=O) groups is 1. The summed E-state index contributed by atoms with van der Waals surface area (Å²) in [4.78, 5) is 16.4. The van der Waals surface area contributed by atoms with Crippen molar-refractivity contribution < 1.29 is 13.2 Å². The highest BCUT2D eigenvalue weighted by Gasteiger charge is 2.26. The molecule has 0 radical (unpaired) electrons. The Labute approximate surface area is 154 Å². The number of amides is 1. The van der Waals surface area contributed by atoms with Gasteiger partial charge < -0.3 is 5.32 Å². The van der Waals surface area contributed by atoms with Crippen molar-refractivity contribution in [3.05, 3.63) is 54.4 Å². The summed E-state index contributed by atoms with van der Waals surface area (Å²) in [6.45, 7) is 1.12. The number of aromatic nitrogens is 1. The molecule has 1 aromatic heterocycles. The smallest absolute Gasteiger partial charge is 0.243 e. The third-order valence-electron chi connectivity index (χ3n) is 4.43. The summed E-state index contributed by atoms with van der Waals surface area (Å²) in [5, 5.41) is 2.79. The van der Waals surface area contributed by atoms with Gasteiger partial charge in [-0.15, -0.1) is 0 Å². The third-order valence-corrected chi connectivity index (χ3v) is 6.33. The number of hydrogen-bond donors (Lipinski definition) is 1. The van der Waals surface area contributed by atoms with E-state index in [9.17, 15) is 13.2 Å². The van der Waals surface area contributed by atoms with Crippen LogP contribution in [-0.4, -0.2) is 36.7 Å². The second-order valence-electron chi connectivity index (χ2n) is 6.40. The Kier molecular flexibility index (Phi) is 6.00. The first-order chi connectivity index (χ1) is 12.6. The maximum absolute atomic E-state index is 12.7. The quantitative estimate of drug-likeness (QED) is 0.844. The average Bonchev–Trinajstić information content (AvgIpc) is 2.68. The predicted octanol–water partition coefficient (Wildman–Crippen LogP) is 2.83. The Hall–Kier alpha value is -2.25. The van der Waals surface area contributed by atoms with Crippen LogP contribution in [0.15, 0.2) is 53.7 Å². The van der Waals surface area contributed by atoms with Gasteiger partial charge in [-0.25, -0.2) is 8.42 Å². The van der Waals surface area contributed by atoms with Crippen molar-refractivity contribution in [2.75, 3.05) is 18.4 Å². The molecule has 7 heteroatoms. The van der Waals surface area contributed by atoms with E-state index in [2.05, 4.69) is 10.3 Å². The highest BCUT2D eigenvalue weighted by atomic mass is 32.2. The zero-order valence-corrected chi connectivity index (χ0v) is 15.4. The van der Waals surface area contributed by atoms with Gasteiger partial charge in [0.05, 0.1) is 4.90 Å². The number of piperidine rings is 1. The molecule has 1 aliphatic rings. The molecule has 26 heavy (non-hydrogen) atoms. The van der Waals surface area contributed by atoms with E-state index in [1.807, 2.05) is 12.1 Å². The lowest BCUT2D eigenvalue weighted by molar-refractivity contribution is -0.116. The molecular formula is C19H23N3O3S. The van der Waals surface area contributed by atoms with E-state index in [0.29, 0.717) is 31.6 Å². The molecule has 1 aromatic carbocycles. The highest BCUT2D eigenvalue weighted by molar-refractivity contribution is 7.89. The number of nitrogens with zero attached hydrogens (tertiary/aromatic N) is 2. The number of benzene rings is 1. The second-order valence-corrected chi connectivity index (χ2v) is 8.34. The maximum Gasteiger partial charge on any atom is 0.243 e. The maximum atomic E-state index is 12.7. The van der Waals surface area contributed by atoms with Crippen molar-refractivity contribution in [2.24, 2.45) is 0 Å². The predicted molar refractivity (Wildman–Crippen MR) is 100 cm³/mol. The summed E-state index contributed by atoms with van der Waals surface area (Å²) in [7, 11) is -3.50. The summed E-state index contributed by atoms with van der Waals surface area (Å²) < 4.78 is 27.0. The molecule has 0 aliphatic carbocycles. The third kappa shape index (κ3) is 4.68. The molecule has 1 saturated heterocycles. The van der Waals surface area contributed by atoms with E-state index < -0.39 is 10.0 Å². The average molecular weight is 373 g/mol. The first-order valence-electron chi connectivity index (χ1n) is 8.85. The molecule has 0 bridgehead atoms. The van der Waals surface area contributed by atoms with E-state index in [1.54, 1.807) is 30.6 Å². The molecule has 0 atom stereocenters. The molecule has 0 unspecified atom stereocenters. The topological polar surface area (TPSA) is 79.4 Å². The van der Waals surface area contributed by atoms with Gasteiger partial charge in [-0.2, -0.15) is 4.31 Å². The zero-order valence-electron chi connectivity index (χ0n) is 14.6. The van der Waals surface area contributed by atoms with Crippen LogP contribution in [0.25, 0.3) is 0 Å². The van der Waals surface area contributed by atoms with Crippen molar-refractivity contribution in [3.8, 4) is 0 Å². The van der Waals surface area contributed by atoms with Crippen LogP contribution in [0.1, 0.15) is 31.2 Å². The molecule has 0 spiro atoms. The lowest BCUT2D eigenvalue weighted by Gasteiger charge is -2.26. The number of anilines is 1. The molecule has 1 amide bonds. The van der Waals surface area contributed by atoms with Crippen LogP contribution < -0.4 is 5.32 Å². The summed E-state index contributed by atoms with van der Waals surface area (Å²) in [6.07, 6.45) is 7.18. The number of pyridine rings is 1. The van der Waals surface area contributed by atoms with Crippen LogP contribution in [0, 0.1) is 0 Å². The minimum Gasteiger partial charge on any atom is -0.326 e. The molecule has 1 N–H and O–H groups in total. The zero-order chi connectivity index (χ0) is 18.4. The van der Waals surface area contributed by atoms with Gasteiger partial charge in [0, 0.05) is 37.6 Å². The van der Waals surface area contributed by atoms with Gasteiger partial charge in [0.25, 0.3) is 0 Å². The standard InChI is InChI=1S/C19H23N3O3S/c23-19(10-9-16-6-5-11-20-15-16)21-17-7-4-8-18(14-17)26(24,25)22-12-2-1-3-13-22/h4-8,11,14-15H,1-3,9-10,12-13H2,(H,21,23). The molecular weight excluding hydrogens is 350 g/mol. The minimum absolute atomic E-state index is 0.152. The van der Waals surface area contributed by atoms with E-state index in [4.69, 9.17) is 0 Å². The first kappa shape index (κ1) is 18.5. The van der Waals surface area contributed by atoms with Gasteiger partial charge in [-0.1, -0.05) is 18.6 Å². The second kappa shape index (κ2) is 8.42. The van der Waals surface area contributed by atoms with Crippen LogP contribution >= 0.6 is 0 Å². The van der Waals surface area contributed by atoms with Crippen LogP contribution in [-0.2, 0) is 21.2 Å². The summed E-state index contributed by atoms with van der Waals surface area (Å²) >= 11 is 0. The van der Waals surface area contributed by atoms with Gasteiger partial charge in [-0.3, -0.25) is 9.78 Å². The van der Waals surface area contributed by atoms with Gasteiger partial charge in [0.2, 0.25) is 15.9 Å². The van der Waals surface area contributed by atoms with Gasteiger partial charge in [0.1, 0.15) is 0 Å². The number of rotatable bonds is 6. The first-order valence-corrected chi connectivity index (χ1v) is 10.3. The van der Waals surface area contributed by atoms with Crippen molar-refractivity contribution in [2.45, 2.75) is 37.0 Å². The van der Waals surface area contributed by atoms with Crippen LogP contribution in [0.3, 0.4) is 0 Å². The number of hydrogen-bond acceptors (Lipinski definition) is 4. The lowest BCUT2D eigenvalue weighted by atomic mass is 10.1. The van der Waals surface area contributed by atoms with Crippen molar-refractivity contribution in [1.29, 1.82) is 0 Å². The molecule has 3 rings (SSSR count). The van der Waals surface area contributed by atoms with Gasteiger partial charge in [0.15, 0.2) is 0 Å². The fourth-order valence-electron chi connectivity index (χ4n) is 3.02. The number of nitrogens with one attached hydrogen (secondary N) is 1. The van der Waals surface area contributed by atoms with Crippen LogP contribution in [0.5, 0.6) is 0 Å². The molecule has 138 valence electrons. The normalized spacial score (nSPS) is 15.5. The summed E-state index contributed by atoms with van der Waals surface area (Å²) in [5.41, 5.74) is 1.49. The number of sulfonamides is 1. The van der Waals surface area contributed by atoms with Crippen LogP contribution in [0.4, 0.5) is 5.69 Å². The molecule has 1 fully saturated rings. The fraction of sp³-hybridized carbons (Fsp3) is 0.368. The van der Waals surface area contributed by atoms with Crippen molar-refractivity contribution >= 4 is 21.6 Å². The Morgan fingerprint density at radius 1 is 1.12 bits per heavy atom. The molecule has 1 aliphatic heterocycles. The largest absolute Gasteiger partial charge is 0.326 e.